The standard InChI is InChI=1S/C17H12F5N3O2/c18-10-2-1-3-11(14(10)19)25-16(27)13-9(7-24-15(13)26)12-6-8(4-5-23-12)17(20,21)22/h1-6,9,13H,7H2,(H,24,26)(H,25,27)/t9-,13-/m1/s1. The van der Waals surface area contributed by atoms with Gasteiger partial charge in [0.15, 0.2) is 11.6 Å². The highest BCUT2D eigenvalue weighted by atomic mass is 19.4. The lowest BCUT2D eigenvalue weighted by molar-refractivity contribution is -0.137. The minimum Gasteiger partial charge on any atom is -0.355 e. The van der Waals surface area contributed by atoms with E-state index in [2.05, 4.69) is 15.6 Å². The molecule has 2 aromatic rings. The van der Waals surface area contributed by atoms with Crippen LogP contribution in [0.25, 0.3) is 0 Å². The van der Waals surface area contributed by atoms with Crippen LogP contribution >= 0.6 is 0 Å². The number of rotatable bonds is 3. The van der Waals surface area contributed by atoms with Gasteiger partial charge in [-0.15, -0.1) is 0 Å². The molecule has 0 aliphatic carbocycles. The van der Waals surface area contributed by atoms with Crippen LogP contribution in [0.4, 0.5) is 27.6 Å². The third-order valence-corrected chi connectivity index (χ3v) is 4.16. The first-order chi connectivity index (χ1) is 12.7. The fourth-order valence-corrected chi connectivity index (χ4v) is 2.84. The molecule has 2 atom stereocenters. The number of aromatic nitrogens is 1. The topological polar surface area (TPSA) is 71.1 Å². The molecule has 2 N–H and O–H groups in total. The third kappa shape index (κ3) is 3.74. The minimum atomic E-state index is -4.61. The van der Waals surface area contributed by atoms with Crippen molar-refractivity contribution < 1.29 is 31.5 Å². The molecule has 1 aromatic carbocycles. The van der Waals surface area contributed by atoms with Gasteiger partial charge in [-0.05, 0) is 24.3 Å². The number of benzene rings is 1. The Hall–Kier alpha value is -3.04. The molecule has 142 valence electrons. The molecule has 5 nitrogen and oxygen atoms in total. The Labute approximate surface area is 149 Å². The number of anilines is 1. The lowest BCUT2D eigenvalue weighted by Crippen LogP contribution is -2.32. The van der Waals surface area contributed by atoms with E-state index in [-0.39, 0.29) is 12.2 Å². The molecule has 0 spiro atoms. The largest absolute Gasteiger partial charge is 0.416 e. The van der Waals surface area contributed by atoms with E-state index in [1.165, 1.54) is 0 Å². The van der Waals surface area contributed by atoms with Gasteiger partial charge < -0.3 is 10.6 Å². The van der Waals surface area contributed by atoms with Crippen LogP contribution < -0.4 is 10.6 Å². The van der Waals surface area contributed by atoms with Crippen LogP contribution in [0.15, 0.2) is 36.5 Å². The number of carbonyl (C=O) groups excluding carboxylic acids is 2. The van der Waals surface area contributed by atoms with E-state index in [0.29, 0.717) is 0 Å². The van der Waals surface area contributed by atoms with Gasteiger partial charge in [-0.25, -0.2) is 8.78 Å². The van der Waals surface area contributed by atoms with Crippen molar-refractivity contribution in [2.45, 2.75) is 12.1 Å². The summed E-state index contributed by atoms with van der Waals surface area (Å²) in [5.41, 5.74) is -1.55. The summed E-state index contributed by atoms with van der Waals surface area (Å²) in [4.78, 5) is 28.3. The highest BCUT2D eigenvalue weighted by molar-refractivity contribution is 6.08. The minimum absolute atomic E-state index is 0.108. The van der Waals surface area contributed by atoms with Crippen molar-refractivity contribution in [3.63, 3.8) is 0 Å². The average molecular weight is 385 g/mol. The second-order valence-electron chi connectivity index (χ2n) is 5.89. The van der Waals surface area contributed by atoms with Crippen LogP contribution in [0.5, 0.6) is 0 Å². The highest BCUT2D eigenvalue weighted by Crippen LogP contribution is 2.34. The Kier molecular flexibility index (Phi) is 4.81. The fraction of sp³-hybridized carbons (Fsp3) is 0.235. The van der Waals surface area contributed by atoms with Crippen LogP contribution in [-0.4, -0.2) is 23.3 Å². The predicted molar refractivity (Wildman–Crippen MR) is 83.5 cm³/mol. The SMILES string of the molecule is O=C1NC[C@H](c2cc(C(F)(F)F)ccn2)[C@H]1C(=O)Nc1cccc(F)c1F. The molecule has 1 saturated heterocycles. The molecule has 10 heteroatoms. The van der Waals surface area contributed by atoms with Gasteiger partial charge in [-0.3, -0.25) is 14.6 Å². The van der Waals surface area contributed by atoms with E-state index in [0.717, 1.165) is 36.5 Å². The van der Waals surface area contributed by atoms with Gasteiger partial charge in [-0.1, -0.05) is 6.07 Å². The lowest BCUT2D eigenvalue weighted by atomic mass is 9.90. The second kappa shape index (κ2) is 6.93. The Bertz CT molecular complexity index is 900. The number of amides is 2. The molecule has 1 fully saturated rings. The van der Waals surface area contributed by atoms with Crippen molar-refractivity contribution in [3.05, 3.63) is 59.4 Å². The van der Waals surface area contributed by atoms with Gasteiger partial charge >= 0.3 is 6.18 Å². The summed E-state index contributed by atoms with van der Waals surface area (Å²) in [6.07, 6.45) is -3.68. The molecule has 2 amide bonds. The molecule has 3 rings (SSSR count). The van der Waals surface area contributed by atoms with Gasteiger partial charge in [0.1, 0.15) is 5.92 Å². The number of alkyl halides is 3. The summed E-state index contributed by atoms with van der Waals surface area (Å²) >= 11 is 0. The fourth-order valence-electron chi connectivity index (χ4n) is 2.84. The van der Waals surface area contributed by atoms with Crippen LogP contribution in [-0.2, 0) is 15.8 Å². The van der Waals surface area contributed by atoms with Gasteiger partial charge in [0.05, 0.1) is 11.3 Å². The number of nitrogens with one attached hydrogen (secondary N) is 2. The van der Waals surface area contributed by atoms with Crippen molar-refractivity contribution in [1.82, 2.24) is 10.3 Å². The van der Waals surface area contributed by atoms with Crippen molar-refractivity contribution in [1.29, 1.82) is 0 Å². The maximum Gasteiger partial charge on any atom is 0.416 e. The number of carbonyl (C=O) groups is 2. The number of hydrogen-bond acceptors (Lipinski definition) is 3. The van der Waals surface area contributed by atoms with Crippen LogP contribution in [0.1, 0.15) is 17.2 Å². The zero-order valence-corrected chi connectivity index (χ0v) is 13.5. The summed E-state index contributed by atoms with van der Waals surface area (Å²) in [6, 6.07) is 4.64. The Morgan fingerprint density at radius 2 is 1.96 bits per heavy atom. The Balaban J connectivity index is 1.88. The smallest absolute Gasteiger partial charge is 0.355 e. The van der Waals surface area contributed by atoms with E-state index in [1.54, 1.807) is 0 Å². The van der Waals surface area contributed by atoms with Gasteiger partial charge in [0.25, 0.3) is 0 Å². The molecule has 1 aliphatic rings. The lowest BCUT2D eigenvalue weighted by Gasteiger charge is -2.17. The predicted octanol–water partition coefficient (Wildman–Crippen LogP) is 2.85. The molecular weight excluding hydrogens is 373 g/mol. The van der Waals surface area contributed by atoms with Crippen LogP contribution in [0.2, 0.25) is 0 Å². The van der Waals surface area contributed by atoms with Gasteiger partial charge in [0.2, 0.25) is 11.8 Å². The maximum atomic E-state index is 13.7. The number of nitrogens with zero attached hydrogens (tertiary/aromatic N) is 1. The van der Waals surface area contributed by atoms with E-state index >= 15 is 0 Å². The Morgan fingerprint density at radius 1 is 1.22 bits per heavy atom. The third-order valence-electron chi connectivity index (χ3n) is 4.16. The second-order valence-corrected chi connectivity index (χ2v) is 5.89. The highest BCUT2D eigenvalue weighted by Gasteiger charge is 2.43. The zero-order chi connectivity index (χ0) is 19.8. The normalized spacial score (nSPS) is 19.7. The van der Waals surface area contributed by atoms with Crippen LogP contribution in [0.3, 0.4) is 0 Å². The summed E-state index contributed by atoms with van der Waals surface area (Å²) in [7, 11) is 0. The number of hydrogen-bond donors (Lipinski definition) is 2. The first-order valence-electron chi connectivity index (χ1n) is 7.74. The molecule has 0 radical (unpaired) electrons. The summed E-state index contributed by atoms with van der Waals surface area (Å²) in [6.45, 7) is -0.114. The van der Waals surface area contributed by atoms with E-state index in [9.17, 15) is 31.5 Å². The molecule has 27 heavy (non-hydrogen) atoms. The zero-order valence-electron chi connectivity index (χ0n) is 13.5. The molecule has 1 aliphatic heterocycles. The van der Waals surface area contributed by atoms with E-state index < -0.39 is 52.7 Å². The monoisotopic (exact) mass is 385 g/mol. The quantitative estimate of drug-likeness (QED) is 0.631. The van der Waals surface area contributed by atoms with E-state index in [1.807, 2.05) is 0 Å². The summed E-state index contributed by atoms with van der Waals surface area (Å²) in [5.74, 6) is -6.65. The van der Waals surface area contributed by atoms with Crippen molar-refractivity contribution in [3.8, 4) is 0 Å². The molecule has 1 aromatic heterocycles. The van der Waals surface area contributed by atoms with E-state index in [4.69, 9.17) is 0 Å². The first-order valence-corrected chi connectivity index (χ1v) is 7.74. The van der Waals surface area contributed by atoms with Crippen molar-refractivity contribution in [2.75, 3.05) is 11.9 Å². The molecule has 0 unspecified atom stereocenters. The maximum absolute atomic E-state index is 13.7. The molecule has 0 bridgehead atoms. The van der Waals surface area contributed by atoms with Crippen LogP contribution in [0, 0.1) is 17.6 Å². The summed E-state index contributed by atoms with van der Waals surface area (Å²) < 4.78 is 65.7. The van der Waals surface area contributed by atoms with Gasteiger partial charge in [0, 0.05) is 24.4 Å². The molecule has 2 heterocycles. The van der Waals surface area contributed by atoms with Gasteiger partial charge in [-0.2, -0.15) is 13.2 Å². The Morgan fingerprint density at radius 3 is 2.67 bits per heavy atom. The number of pyridine rings is 1. The molecule has 0 saturated carbocycles. The van der Waals surface area contributed by atoms with Crippen molar-refractivity contribution >= 4 is 17.5 Å². The summed E-state index contributed by atoms with van der Waals surface area (Å²) in [5, 5.41) is 4.48. The molecular formula is C17H12F5N3O2. The number of halogens is 5. The average Bonchev–Trinajstić information content (AvgIpc) is 3.00. The van der Waals surface area contributed by atoms with Crippen molar-refractivity contribution in [2.24, 2.45) is 5.92 Å². The first kappa shape index (κ1) is 18.7.